The smallest absolute Gasteiger partial charge is 0.249 e. The molecule has 0 saturated heterocycles. The van der Waals surface area contributed by atoms with Crippen LogP contribution in [0.25, 0.3) is 0 Å². The monoisotopic (exact) mass is 255 g/mol. The van der Waals surface area contributed by atoms with Crippen molar-refractivity contribution >= 4 is 17.6 Å². The Bertz CT molecular complexity index is 378. The average molecular weight is 255 g/mol. The fourth-order valence-corrected chi connectivity index (χ4v) is 1.41. The van der Waals surface area contributed by atoms with Crippen LogP contribution in [0.3, 0.4) is 0 Å². The first kappa shape index (κ1) is 14.2. The lowest BCUT2D eigenvalue weighted by Gasteiger charge is -2.20. The lowest BCUT2D eigenvalue weighted by atomic mass is 10.3. The van der Waals surface area contributed by atoms with Gasteiger partial charge in [-0.1, -0.05) is 12.1 Å². The molecule has 0 unspecified atom stereocenters. The molecule has 2 amide bonds. The van der Waals surface area contributed by atoms with Crippen LogP contribution in [0.15, 0.2) is 16.9 Å². The highest BCUT2D eigenvalue weighted by Crippen LogP contribution is 2.02. The molecule has 0 atom stereocenters. The van der Waals surface area contributed by atoms with E-state index in [4.69, 9.17) is 4.74 Å². The van der Waals surface area contributed by atoms with Gasteiger partial charge in [0.1, 0.15) is 12.9 Å². The zero-order valence-corrected chi connectivity index (χ0v) is 10.5. The number of rotatable bonds is 7. The highest BCUT2D eigenvalue weighted by Gasteiger charge is 2.16. The van der Waals surface area contributed by atoms with E-state index in [1.807, 2.05) is 6.92 Å². The molecule has 0 aliphatic heterocycles. The van der Waals surface area contributed by atoms with Crippen molar-refractivity contribution in [1.29, 1.82) is 0 Å². The van der Waals surface area contributed by atoms with Gasteiger partial charge in [-0.25, -0.2) is 0 Å². The molecule has 7 heteroatoms. The molecule has 1 N–H and O–H groups in total. The van der Waals surface area contributed by atoms with E-state index < -0.39 is 0 Å². The molecule has 0 saturated carbocycles. The topological polar surface area (TPSA) is 84.7 Å². The second-order valence-electron chi connectivity index (χ2n) is 3.68. The number of carbonyl (C=O) groups excluding carboxylic acids is 2. The maximum Gasteiger partial charge on any atom is 0.249 e. The normalized spacial score (nSPS) is 10.1. The van der Waals surface area contributed by atoms with E-state index >= 15 is 0 Å². The second kappa shape index (κ2) is 7.44. The molecule has 0 fully saturated rings. The summed E-state index contributed by atoms with van der Waals surface area (Å²) in [5.41, 5.74) is 0. The molecule has 1 rings (SSSR count). The molecule has 1 aromatic heterocycles. The van der Waals surface area contributed by atoms with Gasteiger partial charge < -0.3 is 19.5 Å². The second-order valence-corrected chi connectivity index (χ2v) is 3.68. The Kier molecular flexibility index (Phi) is 5.86. The largest absolute Gasteiger partial charge is 0.375 e. The van der Waals surface area contributed by atoms with Gasteiger partial charge in [-0.3, -0.25) is 9.59 Å². The van der Waals surface area contributed by atoms with Gasteiger partial charge in [-0.15, -0.1) is 0 Å². The molecule has 0 spiro atoms. The number of aromatic nitrogens is 1. The number of methoxy groups -OCH3 is 1. The number of anilines is 1. The van der Waals surface area contributed by atoms with E-state index in [0.29, 0.717) is 12.4 Å². The van der Waals surface area contributed by atoms with E-state index in [-0.39, 0.29) is 25.0 Å². The fraction of sp³-hybridized carbons (Fsp3) is 0.545. The molecule has 0 radical (unpaired) electrons. The lowest BCUT2D eigenvalue weighted by molar-refractivity contribution is -0.138. The van der Waals surface area contributed by atoms with E-state index in [2.05, 4.69) is 15.0 Å². The van der Waals surface area contributed by atoms with Gasteiger partial charge >= 0.3 is 0 Å². The van der Waals surface area contributed by atoms with Gasteiger partial charge in [-0.2, -0.15) is 0 Å². The van der Waals surface area contributed by atoms with Crippen LogP contribution in [0.2, 0.25) is 0 Å². The maximum absolute atomic E-state index is 11.7. The number of carbonyl (C=O) groups is 2. The summed E-state index contributed by atoms with van der Waals surface area (Å²) >= 11 is 0. The Balaban J connectivity index is 2.49. The number of nitrogens with one attached hydrogen (secondary N) is 1. The summed E-state index contributed by atoms with van der Waals surface area (Å²) < 4.78 is 9.36. The van der Waals surface area contributed by atoms with Crippen LogP contribution in [0.4, 0.5) is 5.82 Å². The van der Waals surface area contributed by atoms with Crippen molar-refractivity contribution in [3.8, 4) is 0 Å². The van der Waals surface area contributed by atoms with Crippen LogP contribution in [0.1, 0.15) is 13.3 Å². The van der Waals surface area contributed by atoms with Crippen LogP contribution < -0.4 is 5.32 Å². The summed E-state index contributed by atoms with van der Waals surface area (Å²) in [5.74, 6) is -0.202. The first-order chi connectivity index (χ1) is 8.67. The molecular weight excluding hydrogens is 238 g/mol. The Morgan fingerprint density at radius 3 is 2.89 bits per heavy atom. The van der Waals surface area contributed by atoms with Crippen LogP contribution in [0, 0.1) is 0 Å². The summed E-state index contributed by atoms with van der Waals surface area (Å²) in [5, 5.41) is 6.08. The third-order valence-electron chi connectivity index (χ3n) is 2.15. The minimum atomic E-state index is -0.318. The highest BCUT2D eigenvalue weighted by molar-refractivity contribution is 5.93. The predicted molar refractivity (Wildman–Crippen MR) is 63.9 cm³/mol. The van der Waals surface area contributed by atoms with E-state index in [1.54, 1.807) is 0 Å². The highest BCUT2D eigenvalue weighted by atomic mass is 16.5. The minimum Gasteiger partial charge on any atom is -0.375 e. The van der Waals surface area contributed by atoms with Gasteiger partial charge in [0.25, 0.3) is 0 Å². The quantitative estimate of drug-likeness (QED) is 0.766. The van der Waals surface area contributed by atoms with Crippen molar-refractivity contribution in [3.63, 3.8) is 0 Å². The Morgan fingerprint density at radius 1 is 1.56 bits per heavy atom. The van der Waals surface area contributed by atoms with Gasteiger partial charge in [0, 0.05) is 19.7 Å². The van der Waals surface area contributed by atoms with E-state index in [9.17, 15) is 9.59 Å². The molecule has 0 aliphatic carbocycles. The van der Waals surface area contributed by atoms with Crippen molar-refractivity contribution in [2.45, 2.75) is 13.3 Å². The first-order valence-corrected chi connectivity index (χ1v) is 5.64. The molecule has 1 heterocycles. The number of nitrogens with zero attached hydrogens (tertiary/aromatic N) is 2. The lowest BCUT2D eigenvalue weighted by Crippen LogP contribution is -2.40. The zero-order valence-electron chi connectivity index (χ0n) is 10.5. The van der Waals surface area contributed by atoms with Crippen LogP contribution >= 0.6 is 0 Å². The number of hydrogen-bond donors (Lipinski definition) is 1. The van der Waals surface area contributed by atoms with Crippen molar-refractivity contribution < 1.29 is 18.8 Å². The van der Waals surface area contributed by atoms with Crippen LogP contribution in [0.5, 0.6) is 0 Å². The SMILES string of the molecule is CCCN(CC(=O)Nc1ccon1)C(=O)COC. The molecule has 0 aromatic carbocycles. The van der Waals surface area contributed by atoms with Crippen molar-refractivity contribution in [3.05, 3.63) is 12.3 Å². The summed E-state index contributed by atoms with van der Waals surface area (Å²) in [7, 11) is 1.44. The summed E-state index contributed by atoms with van der Waals surface area (Å²) in [6.45, 7) is 2.39. The molecule has 0 bridgehead atoms. The van der Waals surface area contributed by atoms with E-state index in [0.717, 1.165) is 6.42 Å². The standard InChI is InChI=1S/C11H17N3O4/c1-3-5-14(11(16)8-17-2)7-10(15)12-9-4-6-18-13-9/h4,6H,3,5,7-8H2,1-2H3,(H,12,13,15). The number of hydrogen-bond acceptors (Lipinski definition) is 5. The average Bonchev–Trinajstić information content (AvgIpc) is 2.81. The summed E-state index contributed by atoms with van der Waals surface area (Å²) in [6, 6.07) is 1.53. The molecule has 7 nitrogen and oxygen atoms in total. The van der Waals surface area contributed by atoms with Crippen molar-refractivity contribution in [2.75, 3.05) is 32.1 Å². The molecule has 100 valence electrons. The molecular formula is C11H17N3O4. The third kappa shape index (κ3) is 4.54. The molecule has 1 aromatic rings. The van der Waals surface area contributed by atoms with Crippen molar-refractivity contribution in [1.82, 2.24) is 10.1 Å². The van der Waals surface area contributed by atoms with E-state index in [1.165, 1.54) is 24.3 Å². The van der Waals surface area contributed by atoms with Crippen molar-refractivity contribution in [2.24, 2.45) is 0 Å². The Hall–Kier alpha value is -1.89. The van der Waals surface area contributed by atoms with Gasteiger partial charge in [0.2, 0.25) is 11.8 Å². The molecule has 0 aliphatic rings. The fourth-order valence-electron chi connectivity index (χ4n) is 1.41. The minimum absolute atomic E-state index is 0.0249. The predicted octanol–water partition coefficient (Wildman–Crippen LogP) is 0.498. The van der Waals surface area contributed by atoms with Crippen LogP contribution in [-0.4, -0.2) is 48.7 Å². The number of ether oxygens (including phenoxy) is 1. The first-order valence-electron chi connectivity index (χ1n) is 5.64. The van der Waals surface area contributed by atoms with Crippen LogP contribution in [-0.2, 0) is 14.3 Å². The van der Waals surface area contributed by atoms with Gasteiger partial charge in [0.15, 0.2) is 5.82 Å². The zero-order chi connectivity index (χ0) is 13.4. The molecule has 18 heavy (non-hydrogen) atoms. The van der Waals surface area contributed by atoms with Gasteiger partial charge in [0.05, 0.1) is 6.54 Å². The maximum atomic E-state index is 11.7. The third-order valence-corrected chi connectivity index (χ3v) is 2.15. The Labute approximate surface area is 105 Å². The summed E-state index contributed by atoms with van der Waals surface area (Å²) in [6.07, 6.45) is 2.13. The summed E-state index contributed by atoms with van der Waals surface area (Å²) in [4.78, 5) is 24.8. The van der Waals surface area contributed by atoms with Gasteiger partial charge in [-0.05, 0) is 6.42 Å². The number of amides is 2. The Morgan fingerprint density at radius 2 is 2.33 bits per heavy atom.